The van der Waals surface area contributed by atoms with E-state index in [0.29, 0.717) is 15.3 Å². The molecule has 1 amide bonds. The number of aryl methyl sites for hydroxylation is 1. The third-order valence-corrected chi connectivity index (χ3v) is 4.13. The van der Waals surface area contributed by atoms with Gasteiger partial charge < -0.3 is 9.88 Å². The molecule has 1 N–H and O–H groups in total. The molecule has 1 aromatic heterocycles. The Morgan fingerprint density at radius 3 is 2.56 bits per heavy atom. The number of aromatic nitrogens is 1. The van der Waals surface area contributed by atoms with Crippen LogP contribution in [0.25, 0.3) is 6.08 Å². The number of amides is 1. The summed E-state index contributed by atoms with van der Waals surface area (Å²) in [4.78, 5) is 12.3. The van der Waals surface area contributed by atoms with Crippen LogP contribution in [0.5, 0.6) is 0 Å². The van der Waals surface area contributed by atoms with E-state index in [1.165, 1.54) is 23.1 Å². The Balaban J connectivity index is 2.42. The lowest BCUT2D eigenvalue weighted by Gasteiger charge is -2.13. The number of rotatable bonds is 2. The van der Waals surface area contributed by atoms with Gasteiger partial charge in [-0.3, -0.25) is 4.79 Å². The molecule has 3 nitrogen and oxygen atoms in total. The van der Waals surface area contributed by atoms with Crippen LogP contribution in [0.2, 0.25) is 0 Å². The maximum atomic E-state index is 11.6. The van der Waals surface area contributed by atoms with Crippen molar-refractivity contribution in [1.82, 2.24) is 9.88 Å². The van der Waals surface area contributed by atoms with Crippen molar-refractivity contribution in [2.75, 3.05) is 0 Å². The van der Waals surface area contributed by atoms with Crippen molar-refractivity contribution >= 4 is 40.3 Å². The molecule has 0 radical (unpaired) electrons. The summed E-state index contributed by atoms with van der Waals surface area (Å²) in [6.45, 7) is 8.48. The molecular weight excluding hydrogens is 264 g/mol. The summed E-state index contributed by atoms with van der Waals surface area (Å²) in [5.41, 5.74) is 3.48. The molecule has 96 valence electrons. The van der Waals surface area contributed by atoms with Crippen LogP contribution < -0.4 is 5.32 Å². The van der Waals surface area contributed by atoms with Crippen molar-refractivity contribution in [2.24, 2.45) is 0 Å². The molecule has 0 saturated carbocycles. The normalized spacial score (nSPS) is 17.9. The summed E-state index contributed by atoms with van der Waals surface area (Å²) in [6.07, 6.45) is 1.92. The number of nitrogens with zero attached hydrogens (tertiary/aromatic N) is 1. The molecule has 1 saturated heterocycles. The molecular formula is C13H16N2OS2. The van der Waals surface area contributed by atoms with Crippen molar-refractivity contribution in [2.45, 2.75) is 33.7 Å². The Morgan fingerprint density at radius 1 is 1.44 bits per heavy atom. The smallest absolute Gasteiger partial charge is 0.263 e. The standard InChI is InChI=1S/C13H16N2OS2/c1-7(2)15-8(3)5-10(9(15)4)6-11-12(16)14-13(17)18-11/h5-7H,1-4H3,(H,14,16,17)/b11-6+. The van der Waals surface area contributed by atoms with E-state index in [2.05, 4.69) is 43.6 Å². The first kappa shape index (κ1) is 13.4. The summed E-state index contributed by atoms with van der Waals surface area (Å²) in [6, 6.07) is 2.53. The minimum absolute atomic E-state index is 0.0978. The van der Waals surface area contributed by atoms with Crippen LogP contribution in [0.3, 0.4) is 0 Å². The molecule has 1 aromatic rings. The van der Waals surface area contributed by atoms with Gasteiger partial charge in [-0.15, -0.1) is 0 Å². The van der Waals surface area contributed by atoms with Crippen LogP contribution in [0, 0.1) is 13.8 Å². The number of nitrogens with one attached hydrogen (secondary N) is 1. The molecule has 0 atom stereocenters. The van der Waals surface area contributed by atoms with Crippen molar-refractivity contribution in [3.05, 3.63) is 27.9 Å². The average molecular weight is 280 g/mol. The predicted molar refractivity (Wildman–Crippen MR) is 80.6 cm³/mol. The Kier molecular flexibility index (Phi) is 3.64. The molecule has 18 heavy (non-hydrogen) atoms. The molecule has 1 aliphatic heterocycles. The molecule has 0 bridgehead atoms. The fraction of sp³-hybridized carbons (Fsp3) is 0.385. The summed E-state index contributed by atoms with van der Waals surface area (Å²) in [5, 5.41) is 2.63. The molecule has 2 heterocycles. The lowest BCUT2D eigenvalue weighted by atomic mass is 10.2. The zero-order valence-electron chi connectivity index (χ0n) is 10.9. The van der Waals surface area contributed by atoms with Crippen LogP contribution in [0.1, 0.15) is 36.8 Å². The second-order valence-corrected chi connectivity index (χ2v) is 6.36. The zero-order valence-corrected chi connectivity index (χ0v) is 12.5. The van der Waals surface area contributed by atoms with Gasteiger partial charge in [0.2, 0.25) is 0 Å². The predicted octanol–water partition coefficient (Wildman–Crippen LogP) is 3.17. The van der Waals surface area contributed by atoms with Gasteiger partial charge in [0, 0.05) is 17.4 Å². The second kappa shape index (κ2) is 4.90. The first-order valence-electron chi connectivity index (χ1n) is 5.83. The average Bonchev–Trinajstić information content (AvgIpc) is 2.69. The summed E-state index contributed by atoms with van der Waals surface area (Å²) < 4.78 is 2.80. The molecule has 2 rings (SSSR count). The van der Waals surface area contributed by atoms with E-state index < -0.39 is 0 Å². The Hall–Kier alpha value is -1.07. The molecule has 0 aliphatic carbocycles. The largest absolute Gasteiger partial charge is 0.346 e. The van der Waals surface area contributed by atoms with Crippen LogP contribution in [0.4, 0.5) is 0 Å². The monoisotopic (exact) mass is 280 g/mol. The molecule has 5 heteroatoms. The fourth-order valence-corrected chi connectivity index (χ4v) is 3.34. The minimum Gasteiger partial charge on any atom is -0.346 e. The molecule has 1 aliphatic rings. The number of thiocarbonyl (C=S) groups is 1. The highest BCUT2D eigenvalue weighted by Gasteiger charge is 2.22. The van der Waals surface area contributed by atoms with Gasteiger partial charge in [0.1, 0.15) is 4.32 Å². The van der Waals surface area contributed by atoms with Gasteiger partial charge in [-0.1, -0.05) is 24.0 Å². The number of thioether (sulfide) groups is 1. The van der Waals surface area contributed by atoms with Gasteiger partial charge in [-0.05, 0) is 45.4 Å². The van der Waals surface area contributed by atoms with Gasteiger partial charge in [0.15, 0.2) is 0 Å². The molecule has 1 fully saturated rings. The Morgan fingerprint density at radius 2 is 2.11 bits per heavy atom. The Bertz CT molecular complexity index is 556. The maximum absolute atomic E-state index is 11.6. The van der Waals surface area contributed by atoms with E-state index in [1.807, 2.05) is 6.08 Å². The summed E-state index contributed by atoms with van der Waals surface area (Å²) >= 11 is 6.30. The molecule has 0 spiro atoms. The van der Waals surface area contributed by atoms with Crippen LogP contribution in [-0.4, -0.2) is 14.8 Å². The number of carbonyl (C=O) groups excluding carboxylic acids is 1. The van der Waals surface area contributed by atoms with E-state index >= 15 is 0 Å². The quantitative estimate of drug-likeness (QED) is 0.667. The van der Waals surface area contributed by atoms with Crippen molar-refractivity contribution < 1.29 is 4.79 Å². The lowest BCUT2D eigenvalue weighted by molar-refractivity contribution is -0.115. The minimum atomic E-state index is -0.0978. The second-order valence-electron chi connectivity index (χ2n) is 4.64. The van der Waals surface area contributed by atoms with Gasteiger partial charge in [-0.25, -0.2) is 0 Å². The molecule has 0 unspecified atom stereocenters. The highest BCUT2D eigenvalue weighted by Crippen LogP contribution is 2.28. The number of carbonyl (C=O) groups is 1. The first-order chi connectivity index (χ1) is 8.40. The van der Waals surface area contributed by atoms with E-state index in [-0.39, 0.29) is 5.91 Å². The highest BCUT2D eigenvalue weighted by molar-refractivity contribution is 8.26. The third-order valence-electron chi connectivity index (χ3n) is 2.97. The first-order valence-corrected chi connectivity index (χ1v) is 7.06. The van der Waals surface area contributed by atoms with E-state index in [0.717, 1.165) is 5.56 Å². The molecule has 0 aromatic carbocycles. The van der Waals surface area contributed by atoms with Gasteiger partial charge in [-0.2, -0.15) is 0 Å². The summed E-state index contributed by atoms with van der Waals surface area (Å²) in [5.74, 6) is -0.0978. The SMILES string of the molecule is Cc1cc(/C=C2/SC(=S)NC2=O)c(C)n1C(C)C. The van der Waals surface area contributed by atoms with Crippen molar-refractivity contribution in [3.8, 4) is 0 Å². The third kappa shape index (κ3) is 2.37. The highest BCUT2D eigenvalue weighted by atomic mass is 32.2. The van der Waals surface area contributed by atoms with Crippen LogP contribution in [0.15, 0.2) is 11.0 Å². The van der Waals surface area contributed by atoms with E-state index in [4.69, 9.17) is 12.2 Å². The van der Waals surface area contributed by atoms with Crippen molar-refractivity contribution in [1.29, 1.82) is 0 Å². The van der Waals surface area contributed by atoms with E-state index in [9.17, 15) is 4.79 Å². The van der Waals surface area contributed by atoms with Gasteiger partial charge in [0.25, 0.3) is 5.91 Å². The van der Waals surface area contributed by atoms with Gasteiger partial charge >= 0.3 is 0 Å². The Labute approximate surface area is 117 Å². The van der Waals surface area contributed by atoms with Crippen LogP contribution >= 0.6 is 24.0 Å². The van der Waals surface area contributed by atoms with Crippen molar-refractivity contribution in [3.63, 3.8) is 0 Å². The van der Waals surface area contributed by atoms with E-state index in [1.54, 1.807) is 0 Å². The van der Waals surface area contributed by atoms with Gasteiger partial charge in [0.05, 0.1) is 4.91 Å². The maximum Gasteiger partial charge on any atom is 0.263 e. The number of hydrogen-bond donors (Lipinski definition) is 1. The summed E-state index contributed by atoms with van der Waals surface area (Å²) in [7, 11) is 0. The number of hydrogen-bond acceptors (Lipinski definition) is 3. The lowest BCUT2D eigenvalue weighted by Crippen LogP contribution is -2.17. The van der Waals surface area contributed by atoms with Crippen LogP contribution in [-0.2, 0) is 4.79 Å². The fourth-order valence-electron chi connectivity index (χ4n) is 2.31. The topological polar surface area (TPSA) is 34.0 Å². The zero-order chi connectivity index (χ0) is 13.4.